The zero-order chi connectivity index (χ0) is 10.0. The van der Waals surface area contributed by atoms with Gasteiger partial charge in [-0.1, -0.05) is 11.6 Å². The smallest absolute Gasteiger partial charge is 0.138 e. The normalized spacial score (nSPS) is 13.0. The van der Waals surface area contributed by atoms with Crippen molar-refractivity contribution in [1.29, 1.82) is 0 Å². The third kappa shape index (κ3) is 2.40. The molecule has 0 aromatic heterocycles. The highest BCUT2D eigenvalue weighted by molar-refractivity contribution is 9.10. The lowest BCUT2D eigenvalue weighted by atomic mass is 10.1. The van der Waals surface area contributed by atoms with Crippen LogP contribution in [0.3, 0.4) is 0 Å². The van der Waals surface area contributed by atoms with Crippen LogP contribution in [0.1, 0.15) is 11.6 Å². The first-order valence-corrected chi connectivity index (χ1v) is 4.74. The Kier molecular flexibility index (Phi) is 3.67. The SMILES string of the molecule is NC(CO)c1cc(Br)c(F)cc1Cl. The standard InChI is InChI=1S/C8H8BrClFNO/c9-5-1-4(8(12)3-13)6(10)2-7(5)11/h1-2,8,13H,3,12H2. The molecule has 1 aromatic carbocycles. The van der Waals surface area contributed by atoms with Gasteiger partial charge in [0.2, 0.25) is 0 Å². The maximum Gasteiger partial charge on any atom is 0.138 e. The molecule has 2 nitrogen and oxygen atoms in total. The van der Waals surface area contributed by atoms with Crippen LogP contribution in [0.4, 0.5) is 4.39 Å². The van der Waals surface area contributed by atoms with Crippen LogP contribution in [0.5, 0.6) is 0 Å². The van der Waals surface area contributed by atoms with E-state index in [1.807, 2.05) is 0 Å². The van der Waals surface area contributed by atoms with Gasteiger partial charge in [0.05, 0.1) is 17.1 Å². The van der Waals surface area contributed by atoms with E-state index in [0.29, 0.717) is 5.56 Å². The van der Waals surface area contributed by atoms with Gasteiger partial charge in [-0.05, 0) is 33.6 Å². The van der Waals surface area contributed by atoms with Crippen LogP contribution in [-0.2, 0) is 0 Å². The predicted molar refractivity (Wildman–Crippen MR) is 53.1 cm³/mol. The van der Waals surface area contributed by atoms with Gasteiger partial charge in [0, 0.05) is 5.02 Å². The summed E-state index contributed by atoms with van der Waals surface area (Å²) < 4.78 is 13.2. The van der Waals surface area contributed by atoms with Crippen LogP contribution in [0.2, 0.25) is 5.02 Å². The van der Waals surface area contributed by atoms with Gasteiger partial charge < -0.3 is 10.8 Å². The molecule has 1 unspecified atom stereocenters. The lowest BCUT2D eigenvalue weighted by Gasteiger charge is -2.11. The van der Waals surface area contributed by atoms with Crippen molar-refractivity contribution < 1.29 is 9.50 Å². The molecule has 1 aromatic rings. The molecule has 13 heavy (non-hydrogen) atoms. The topological polar surface area (TPSA) is 46.2 Å². The van der Waals surface area contributed by atoms with Gasteiger partial charge in [-0.15, -0.1) is 0 Å². The molecule has 0 aliphatic rings. The van der Waals surface area contributed by atoms with Crippen molar-refractivity contribution in [2.75, 3.05) is 6.61 Å². The van der Waals surface area contributed by atoms with E-state index in [9.17, 15) is 4.39 Å². The first kappa shape index (κ1) is 10.9. The minimum absolute atomic E-state index is 0.224. The Bertz CT molecular complexity index is 321. The van der Waals surface area contributed by atoms with Crippen molar-refractivity contribution in [3.8, 4) is 0 Å². The molecular formula is C8H8BrClFNO. The molecule has 0 bridgehead atoms. The zero-order valence-corrected chi connectivity index (χ0v) is 8.94. The maximum absolute atomic E-state index is 12.9. The minimum Gasteiger partial charge on any atom is -0.394 e. The molecule has 0 saturated heterocycles. The quantitative estimate of drug-likeness (QED) is 0.808. The van der Waals surface area contributed by atoms with E-state index in [2.05, 4.69) is 15.9 Å². The molecule has 0 heterocycles. The average molecular weight is 269 g/mol. The third-order valence-electron chi connectivity index (χ3n) is 1.64. The van der Waals surface area contributed by atoms with E-state index in [0.717, 1.165) is 6.07 Å². The minimum atomic E-state index is -0.579. The number of aliphatic hydroxyl groups excluding tert-OH is 1. The summed E-state index contributed by atoms with van der Waals surface area (Å²) in [6.07, 6.45) is 0. The summed E-state index contributed by atoms with van der Waals surface area (Å²) in [5.41, 5.74) is 6.06. The van der Waals surface area contributed by atoms with Gasteiger partial charge in [-0.3, -0.25) is 0 Å². The van der Waals surface area contributed by atoms with E-state index in [4.69, 9.17) is 22.4 Å². The fourth-order valence-corrected chi connectivity index (χ4v) is 1.57. The molecule has 5 heteroatoms. The van der Waals surface area contributed by atoms with Gasteiger partial charge in [-0.25, -0.2) is 4.39 Å². The molecule has 72 valence electrons. The van der Waals surface area contributed by atoms with Crippen LogP contribution < -0.4 is 5.73 Å². The number of benzene rings is 1. The Morgan fingerprint density at radius 1 is 1.62 bits per heavy atom. The van der Waals surface area contributed by atoms with E-state index in [-0.39, 0.29) is 16.1 Å². The second-order valence-corrected chi connectivity index (χ2v) is 3.84. The van der Waals surface area contributed by atoms with Crippen LogP contribution in [-0.4, -0.2) is 11.7 Å². The van der Waals surface area contributed by atoms with Crippen molar-refractivity contribution in [1.82, 2.24) is 0 Å². The summed E-state index contributed by atoms with van der Waals surface area (Å²) in [5.74, 6) is -0.445. The molecule has 0 amide bonds. The molecular weight excluding hydrogens is 260 g/mol. The summed E-state index contributed by atoms with van der Waals surface area (Å²) in [5, 5.41) is 9.00. The monoisotopic (exact) mass is 267 g/mol. The first-order valence-electron chi connectivity index (χ1n) is 3.57. The number of rotatable bonds is 2. The largest absolute Gasteiger partial charge is 0.394 e. The van der Waals surface area contributed by atoms with Crippen molar-refractivity contribution in [2.24, 2.45) is 5.73 Å². The Hall–Kier alpha value is -0.160. The van der Waals surface area contributed by atoms with Gasteiger partial charge >= 0.3 is 0 Å². The van der Waals surface area contributed by atoms with Gasteiger partial charge in [-0.2, -0.15) is 0 Å². The molecule has 0 aliphatic carbocycles. The Morgan fingerprint density at radius 3 is 2.77 bits per heavy atom. The average Bonchev–Trinajstić information content (AvgIpc) is 2.10. The highest BCUT2D eigenvalue weighted by Gasteiger charge is 2.12. The molecule has 1 atom stereocenters. The molecule has 1 rings (SSSR count). The third-order valence-corrected chi connectivity index (χ3v) is 2.57. The maximum atomic E-state index is 12.9. The summed E-state index contributed by atoms with van der Waals surface area (Å²) >= 11 is 8.73. The zero-order valence-electron chi connectivity index (χ0n) is 6.60. The number of halogens is 3. The number of nitrogens with two attached hydrogens (primary N) is 1. The Morgan fingerprint density at radius 2 is 2.23 bits per heavy atom. The lowest BCUT2D eigenvalue weighted by molar-refractivity contribution is 0.268. The number of hydrogen-bond donors (Lipinski definition) is 2. The summed E-state index contributed by atoms with van der Waals surface area (Å²) in [6.45, 7) is -0.224. The lowest BCUT2D eigenvalue weighted by Crippen LogP contribution is -2.15. The van der Waals surface area contributed by atoms with E-state index in [1.165, 1.54) is 6.07 Å². The molecule has 0 spiro atoms. The molecule has 0 aliphatic heterocycles. The summed E-state index contributed by atoms with van der Waals surface area (Å²) in [7, 11) is 0. The highest BCUT2D eigenvalue weighted by atomic mass is 79.9. The first-order chi connectivity index (χ1) is 6.06. The fraction of sp³-hybridized carbons (Fsp3) is 0.250. The van der Waals surface area contributed by atoms with Crippen molar-refractivity contribution >= 4 is 27.5 Å². The van der Waals surface area contributed by atoms with Gasteiger partial charge in [0.15, 0.2) is 0 Å². The molecule has 0 saturated carbocycles. The van der Waals surface area contributed by atoms with Crippen LogP contribution in [0.25, 0.3) is 0 Å². The fourth-order valence-electron chi connectivity index (χ4n) is 0.920. The second-order valence-electron chi connectivity index (χ2n) is 2.58. The van der Waals surface area contributed by atoms with Crippen molar-refractivity contribution in [3.63, 3.8) is 0 Å². The second kappa shape index (κ2) is 4.37. The number of hydrogen-bond acceptors (Lipinski definition) is 2. The van der Waals surface area contributed by atoms with E-state index < -0.39 is 11.9 Å². The van der Waals surface area contributed by atoms with Crippen LogP contribution in [0.15, 0.2) is 16.6 Å². The van der Waals surface area contributed by atoms with Crippen molar-refractivity contribution in [2.45, 2.75) is 6.04 Å². The molecule has 0 fully saturated rings. The van der Waals surface area contributed by atoms with Crippen LogP contribution >= 0.6 is 27.5 Å². The highest BCUT2D eigenvalue weighted by Crippen LogP contribution is 2.27. The van der Waals surface area contributed by atoms with E-state index in [1.54, 1.807) is 0 Å². The van der Waals surface area contributed by atoms with Gasteiger partial charge in [0.1, 0.15) is 5.82 Å². The Labute approximate surface area is 88.6 Å². The molecule has 3 N–H and O–H groups in total. The summed E-state index contributed by atoms with van der Waals surface area (Å²) in [6, 6.07) is 2.05. The Balaban J connectivity index is 3.15. The van der Waals surface area contributed by atoms with E-state index >= 15 is 0 Å². The van der Waals surface area contributed by atoms with Crippen LogP contribution in [0, 0.1) is 5.82 Å². The van der Waals surface area contributed by atoms with Gasteiger partial charge in [0.25, 0.3) is 0 Å². The number of aliphatic hydroxyl groups is 1. The van der Waals surface area contributed by atoms with Crippen molar-refractivity contribution in [3.05, 3.63) is 33.0 Å². The predicted octanol–water partition coefficient (Wildman–Crippen LogP) is 2.23. The summed E-state index contributed by atoms with van der Waals surface area (Å²) in [4.78, 5) is 0. The molecule has 0 radical (unpaired) electrons.